The molecule has 0 amide bonds. The molecule has 0 spiro atoms. The Hall–Kier alpha value is -2.00. The van der Waals surface area contributed by atoms with Crippen LogP contribution < -0.4 is 4.74 Å². The summed E-state index contributed by atoms with van der Waals surface area (Å²) in [5.74, 6) is 0.817. The van der Waals surface area contributed by atoms with Crippen molar-refractivity contribution in [2.24, 2.45) is 5.16 Å². The molecular formula is C15H14ClNO2. The summed E-state index contributed by atoms with van der Waals surface area (Å²) in [5.41, 5.74) is 1.94. The fourth-order valence-electron chi connectivity index (χ4n) is 1.53. The van der Waals surface area contributed by atoms with Crippen molar-refractivity contribution in [3.63, 3.8) is 0 Å². The minimum atomic E-state index is 0.396. The van der Waals surface area contributed by atoms with Crippen molar-refractivity contribution in [2.75, 3.05) is 7.11 Å². The lowest BCUT2D eigenvalue weighted by molar-refractivity contribution is 0.132. The normalized spacial score (nSPS) is 10.6. The second-order valence-corrected chi connectivity index (χ2v) is 4.35. The molecule has 2 aromatic rings. The van der Waals surface area contributed by atoms with Gasteiger partial charge in [0.05, 0.1) is 13.3 Å². The number of methoxy groups -OCH3 is 1. The molecule has 0 unspecified atom stereocenters. The van der Waals surface area contributed by atoms with Crippen LogP contribution in [0.15, 0.2) is 53.7 Å². The number of rotatable bonds is 5. The van der Waals surface area contributed by atoms with Crippen molar-refractivity contribution in [1.82, 2.24) is 0 Å². The van der Waals surface area contributed by atoms with Gasteiger partial charge in [0.15, 0.2) is 0 Å². The van der Waals surface area contributed by atoms with E-state index in [1.54, 1.807) is 13.3 Å². The first-order valence-corrected chi connectivity index (χ1v) is 6.19. The number of oxime groups is 1. The summed E-state index contributed by atoms with van der Waals surface area (Å²) in [7, 11) is 1.64. The Morgan fingerprint density at radius 3 is 2.63 bits per heavy atom. The van der Waals surface area contributed by atoms with Gasteiger partial charge in [-0.05, 0) is 47.5 Å². The van der Waals surface area contributed by atoms with Crippen molar-refractivity contribution in [3.8, 4) is 5.75 Å². The highest BCUT2D eigenvalue weighted by atomic mass is 35.5. The summed E-state index contributed by atoms with van der Waals surface area (Å²) < 4.78 is 5.08. The van der Waals surface area contributed by atoms with E-state index in [0.717, 1.165) is 16.9 Å². The third-order valence-corrected chi connectivity index (χ3v) is 2.75. The van der Waals surface area contributed by atoms with Gasteiger partial charge in [-0.25, -0.2) is 0 Å². The molecule has 0 radical (unpaired) electrons. The summed E-state index contributed by atoms with van der Waals surface area (Å²) in [5, 5.41) is 4.61. The van der Waals surface area contributed by atoms with Gasteiger partial charge < -0.3 is 9.57 Å². The Bertz CT molecular complexity index is 552. The van der Waals surface area contributed by atoms with Crippen LogP contribution in [-0.2, 0) is 11.4 Å². The van der Waals surface area contributed by atoms with Gasteiger partial charge in [-0.1, -0.05) is 28.9 Å². The van der Waals surface area contributed by atoms with E-state index in [1.807, 2.05) is 48.5 Å². The smallest absolute Gasteiger partial charge is 0.142 e. The van der Waals surface area contributed by atoms with Gasteiger partial charge in [-0.15, -0.1) is 0 Å². The Morgan fingerprint density at radius 1 is 1.16 bits per heavy atom. The van der Waals surface area contributed by atoms with Gasteiger partial charge in [-0.3, -0.25) is 0 Å². The molecule has 0 saturated carbocycles. The fourth-order valence-corrected chi connectivity index (χ4v) is 1.74. The quantitative estimate of drug-likeness (QED) is 0.612. The van der Waals surface area contributed by atoms with Crippen molar-refractivity contribution in [1.29, 1.82) is 0 Å². The van der Waals surface area contributed by atoms with E-state index in [1.165, 1.54) is 0 Å². The topological polar surface area (TPSA) is 30.8 Å². The van der Waals surface area contributed by atoms with Crippen molar-refractivity contribution in [3.05, 3.63) is 64.7 Å². The molecule has 98 valence electrons. The predicted octanol–water partition coefficient (Wildman–Crippen LogP) is 3.90. The first-order chi connectivity index (χ1) is 9.28. The molecule has 0 aliphatic heterocycles. The lowest BCUT2D eigenvalue weighted by atomic mass is 10.2. The van der Waals surface area contributed by atoms with Crippen LogP contribution in [-0.4, -0.2) is 13.3 Å². The summed E-state index contributed by atoms with van der Waals surface area (Å²) in [6.07, 6.45) is 1.66. The Labute approximate surface area is 117 Å². The van der Waals surface area contributed by atoms with Crippen LogP contribution in [0.2, 0.25) is 5.02 Å². The van der Waals surface area contributed by atoms with E-state index in [2.05, 4.69) is 5.16 Å². The first-order valence-electron chi connectivity index (χ1n) is 5.82. The zero-order chi connectivity index (χ0) is 13.5. The minimum Gasteiger partial charge on any atom is -0.497 e. The van der Waals surface area contributed by atoms with Gasteiger partial charge >= 0.3 is 0 Å². The summed E-state index contributed by atoms with van der Waals surface area (Å²) in [6.45, 7) is 0.396. The minimum absolute atomic E-state index is 0.396. The monoisotopic (exact) mass is 275 g/mol. The Morgan fingerprint density at radius 2 is 1.95 bits per heavy atom. The summed E-state index contributed by atoms with van der Waals surface area (Å²) >= 11 is 5.88. The molecule has 0 heterocycles. The van der Waals surface area contributed by atoms with Gasteiger partial charge in [0.2, 0.25) is 0 Å². The van der Waals surface area contributed by atoms with E-state index in [4.69, 9.17) is 21.2 Å². The number of ether oxygens (including phenoxy) is 1. The van der Waals surface area contributed by atoms with Crippen LogP contribution in [0.4, 0.5) is 0 Å². The van der Waals surface area contributed by atoms with E-state index in [9.17, 15) is 0 Å². The maximum absolute atomic E-state index is 5.88. The number of nitrogens with zero attached hydrogens (tertiary/aromatic N) is 1. The second-order valence-electron chi connectivity index (χ2n) is 3.91. The van der Waals surface area contributed by atoms with Gasteiger partial charge in [0.1, 0.15) is 12.4 Å². The van der Waals surface area contributed by atoms with E-state index in [-0.39, 0.29) is 0 Å². The molecule has 2 rings (SSSR count). The molecule has 0 bridgehead atoms. The molecule has 0 atom stereocenters. The number of hydrogen-bond acceptors (Lipinski definition) is 3. The fraction of sp³-hybridized carbons (Fsp3) is 0.133. The first kappa shape index (κ1) is 13.4. The Balaban J connectivity index is 1.86. The molecule has 0 N–H and O–H groups in total. The van der Waals surface area contributed by atoms with E-state index in [0.29, 0.717) is 11.6 Å². The number of halogens is 1. The van der Waals surface area contributed by atoms with Crippen LogP contribution in [0.5, 0.6) is 5.75 Å². The number of hydrogen-bond donors (Lipinski definition) is 0. The maximum atomic E-state index is 5.88. The number of benzene rings is 2. The second kappa shape index (κ2) is 6.81. The molecule has 0 aliphatic carbocycles. The molecule has 0 fully saturated rings. The SMILES string of the molecule is COc1ccc(C=NOCc2cccc(Cl)c2)cc1. The summed E-state index contributed by atoms with van der Waals surface area (Å²) in [4.78, 5) is 5.21. The molecule has 0 aromatic heterocycles. The molecule has 3 nitrogen and oxygen atoms in total. The molecule has 0 saturated heterocycles. The van der Waals surface area contributed by atoms with Gasteiger partial charge in [-0.2, -0.15) is 0 Å². The van der Waals surface area contributed by atoms with Crippen LogP contribution >= 0.6 is 11.6 Å². The van der Waals surface area contributed by atoms with E-state index < -0.39 is 0 Å². The summed E-state index contributed by atoms with van der Waals surface area (Å²) in [6, 6.07) is 15.1. The largest absolute Gasteiger partial charge is 0.497 e. The average molecular weight is 276 g/mol. The van der Waals surface area contributed by atoms with Crippen LogP contribution in [0, 0.1) is 0 Å². The molecule has 4 heteroatoms. The van der Waals surface area contributed by atoms with Crippen molar-refractivity contribution in [2.45, 2.75) is 6.61 Å². The van der Waals surface area contributed by atoms with Crippen LogP contribution in [0.25, 0.3) is 0 Å². The zero-order valence-electron chi connectivity index (χ0n) is 10.5. The van der Waals surface area contributed by atoms with E-state index >= 15 is 0 Å². The molecule has 2 aromatic carbocycles. The van der Waals surface area contributed by atoms with Crippen molar-refractivity contribution >= 4 is 17.8 Å². The highest BCUT2D eigenvalue weighted by Crippen LogP contribution is 2.12. The van der Waals surface area contributed by atoms with Gasteiger partial charge in [0.25, 0.3) is 0 Å². The standard InChI is InChI=1S/C15H14ClNO2/c1-18-15-7-5-12(6-8-15)10-17-19-11-13-3-2-4-14(16)9-13/h2-10H,11H2,1H3. The highest BCUT2D eigenvalue weighted by molar-refractivity contribution is 6.30. The molecule has 19 heavy (non-hydrogen) atoms. The van der Waals surface area contributed by atoms with Crippen molar-refractivity contribution < 1.29 is 9.57 Å². The third-order valence-electron chi connectivity index (χ3n) is 2.51. The van der Waals surface area contributed by atoms with Gasteiger partial charge in [0, 0.05) is 5.02 Å². The molecular weight excluding hydrogens is 262 g/mol. The maximum Gasteiger partial charge on any atom is 0.142 e. The Kier molecular flexibility index (Phi) is 4.81. The third kappa shape index (κ3) is 4.30. The lowest BCUT2D eigenvalue weighted by Gasteiger charge is -2.01. The lowest BCUT2D eigenvalue weighted by Crippen LogP contribution is -1.88. The highest BCUT2D eigenvalue weighted by Gasteiger charge is 1.94. The predicted molar refractivity (Wildman–Crippen MR) is 76.8 cm³/mol. The molecule has 0 aliphatic rings. The van der Waals surface area contributed by atoms with Crippen LogP contribution in [0.3, 0.4) is 0 Å². The van der Waals surface area contributed by atoms with Crippen LogP contribution in [0.1, 0.15) is 11.1 Å². The average Bonchev–Trinajstić information content (AvgIpc) is 2.44. The zero-order valence-corrected chi connectivity index (χ0v) is 11.3.